The molecule has 0 saturated carbocycles. The average Bonchev–Trinajstić information content (AvgIpc) is 2.36. The Labute approximate surface area is 129 Å². The summed E-state index contributed by atoms with van der Waals surface area (Å²) in [7, 11) is 1.26. The molecule has 3 N–H and O–H groups in total. The van der Waals surface area contributed by atoms with E-state index in [1.807, 2.05) is 6.92 Å². The highest BCUT2D eigenvalue weighted by Crippen LogP contribution is 2.28. The number of methoxy groups -OCH3 is 1. The smallest absolute Gasteiger partial charge is 0.334 e. The molecule has 2 amide bonds. The number of aliphatic carboxylic acids is 1. The predicted molar refractivity (Wildman–Crippen MR) is 79.3 cm³/mol. The molecule has 0 aliphatic carbocycles. The molecule has 1 rings (SSSR count). The molecule has 8 heteroatoms. The van der Waals surface area contributed by atoms with Crippen molar-refractivity contribution in [2.75, 3.05) is 19.0 Å². The molecule has 0 aromatic heterocycles. The van der Waals surface area contributed by atoms with E-state index in [0.29, 0.717) is 15.2 Å². The molecule has 0 fully saturated rings. The molecule has 0 aliphatic heterocycles. The number of nitrogens with one attached hydrogen (secondary N) is 2. The van der Waals surface area contributed by atoms with Gasteiger partial charge in [0.2, 0.25) is 0 Å². The van der Waals surface area contributed by atoms with Crippen LogP contribution in [0.4, 0.5) is 10.5 Å². The first-order valence-electron chi connectivity index (χ1n) is 5.61. The second-order valence-electron chi connectivity index (χ2n) is 3.98. The minimum Gasteiger partial charge on any atom is -0.479 e. The van der Waals surface area contributed by atoms with Crippen LogP contribution in [0.25, 0.3) is 0 Å². The number of hydrogen-bond acceptors (Lipinski definition) is 3. The molecule has 1 atom stereocenters. The Bertz CT molecular complexity index is 524. The molecule has 1 unspecified atom stereocenters. The summed E-state index contributed by atoms with van der Waals surface area (Å²) in [5.74, 6) is -1.15. The van der Waals surface area contributed by atoms with Crippen molar-refractivity contribution in [3.63, 3.8) is 0 Å². The van der Waals surface area contributed by atoms with Gasteiger partial charge in [0.15, 0.2) is 6.10 Å². The number of carbonyl (C=O) groups excluding carboxylic acids is 1. The van der Waals surface area contributed by atoms with Gasteiger partial charge in [0.1, 0.15) is 0 Å². The summed E-state index contributed by atoms with van der Waals surface area (Å²) in [6, 6.07) is 2.83. The van der Waals surface area contributed by atoms with Crippen LogP contribution in [0, 0.1) is 6.92 Å². The molecule has 0 heterocycles. The second kappa shape index (κ2) is 7.47. The molecular weight excluding hydrogens is 351 g/mol. The topological polar surface area (TPSA) is 87.7 Å². The number of anilines is 1. The zero-order valence-corrected chi connectivity index (χ0v) is 13.2. The van der Waals surface area contributed by atoms with Crippen molar-refractivity contribution in [1.29, 1.82) is 0 Å². The summed E-state index contributed by atoms with van der Waals surface area (Å²) in [6.07, 6.45) is -1.09. The van der Waals surface area contributed by atoms with Crippen LogP contribution in [0.2, 0.25) is 5.02 Å². The highest BCUT2D eigenvalue weighted by Gasteiger charge is 2.17. The minimum atomic E-state index is -1.15. The second-order valence-corrected chi connectivity index (χ2v) is 5.24. The van der Waals surface area contributed by atoms with E-state index in [0.717, 1.165) is 5.56 Å². The number of urea groups is 1. The summed E-state index contributed by atoms with van der Waals surface area (Å²) in [5, 5.41) is 14.3. The molecule has 1 aromatic rings. The fourth-order valence-electron chi connectivity index (χ4n) is 1.37. The zero-order valence-electron chi connectivity index (χ0n) is 10.9. The molecule has 0 aliphatic rings. The van der Waals surface area contributed by atoms with Gasteiger partial charge in [-0.15, -0.1) is 0 Å². The van der Waals surface area contributed by atoms with Crippen LogP contribution in [-0.2, 0) is 9.53 Å². The largest absolute Gasteiger partial charge is 0.479 e. The Morgan fingerprint density at radius 3 is 2.70 bits per heavy atom. The van der Waals surface area contributed by atoms with Crippen molar-refractivity contribution >= 4 is 45.2 Å². The summed E-state index contributed by atoms with van der Waals surface area (Å²) in [6.45, 7) is 1.70. The van der Waals surface area contributed by atoms with E-state index in [-0.39, 0.29) is 6.54 Å². The highest BCUT2D eigenvalue weighted by molar-refractivity contribution is 9.10. The van der Waals surface area contributed by atoms with Gasteiger partial charge in [-0.3, -0.25) is 0 Å². The fourth-order valence-corrected chi connectivity index (χ4v) is 2.09. The van der Waals surface area contributed by atoms with E-state index < -0.39 is 18.1 Å². The van der Waals surface area contributed by atoms with E-state index in [9.17, 15) is 9.59 Å². The number of halogens is 2. The van der Waals surface area contributed by atoms with E-state index in [1.165, 1.54) is 7.11 Å². The van der Waals surface area contributed by atoms with Crippen molar-refractivity contribution in [3.8, 4) is 0 Å². The van der Waals surface area contributed by atoms with Gasteiger partial charge >= 0.3 is 12.0 Å². The van der Waals surface area contributed by atoms with Gasteiger partial charge in [0.05, 0.1) is 12.2 Å². The zero-order chi connectivity index (χ0) is 15.3. The van der Waals surface area contributed by atoms with Crippen LogP contribution >= 0.6 is 27.5 Å². The van der Waals surface area contributed by atoms with Crippen LogP contribution in [0.1, 0.15) is 5.56 Å². The standard InChI is InChI=1S/C12H14BrClN2O4/c1-6-3-7(13)9(4-8(6)14)16-12(19)15-5-10(20-2)11(17)18/h3-4,10H,5H2,1-2H3,(H,17,18)(H2,15,16,19). The molecule has 110 valence electrons. The van der Waals surface area contributed by atoms with Gasteiger partial charge in [-0.2, -0.15) is 0 Å². The summed E-state index contributed by atoms with van der Waals surface area (Å²) in [5.41, 5.74) is 1.36. The van der Waals surface area contributed by atoms with E-state index in [4.69, 9.17) is 21.4 Å². The maximum Gasteiger partial charge on any atom is 0.334 e. The van der Waals surface area contributed by atoms with Gasteiger partial charge in [-0.25, -0.2) is 9.59 Å². The van der Waals surface area contributed by atoms with Crippen molar-refractivity contribution in [2.45, 2.75) is 13.0 Å². The quantitative estimate of drug-likeness (QED) is 0.748. The molecule has 20 heavy (non-hydrogen) atoms. The number of carbonyl (C=O) groups is 2. The van der Waals surface area contributed by atoms with E-state index >= 15 is 0 Å². The molecular formula is C12H14BrClN2O4. The third-order valence-corrected chi connectivity index (χ3v) is 3.57. The van der Waals surface area contributed by atoms with Crippen molar-refractivity contribution in [2.24, 2.45) is 0 Å². The molecule has 0 spiro atoms. The highest BCUT2D eigenvalue weighted by atomic mass is 79.9. The van der Waals surface area contributed by atoms with Crippen LogP contribution < -0.4 is 10.6 Å². The number of carboxylic acid groups (broad SMARTS) is 1. The number of benzene rings is 1. The summed E-state index contributed by atoms with van der Waals surface area (Å²) < 4.78 is 5.38. The van der Waals surface area contributed by atoms with Gasteiger partial charge in [0.25, 0.3) is 0 Å². The first-order valence-corrected chi connectivity index (χ1v) is 6.78. The van der Waals surface area contributed by atoms with Crippen molar-refractivity contribution in [1.82, 2.24) is 5.32 Å². The Balaban J connectivity index is 2.63. The van der Waals surface area contributed by atoms with Crippen LogP contribution in [0.15, 0.2) is 16.6 Å². The summed E-state index contributed by atoms with van der Waals surface area (Å²) >= 11 is 9.28. The normalized spacial score (nSPS) is 11.8. The predicted octanol–water partition coefficient (Wildman–Crippen LogP) is 2.63. The minimum absolute atomic E-state index is 0.144. The third-order valence-electron chi connectivity index (χ3n) is 2.50. The van der Waals surface area contributed by atoms with E-state index in [1.54, 1.807) is 12.1 Å². The van der Waals surface area contributed by atoms with Gasteiger partial charge in [-0.1, -0.05) is 11.6 Å². The first kappa shape index (κ1) is 16.7. The number of rotatable bonds is 5. The number of ether oxygens (including phenoxy) is 1. The maximum atomic E-state index is 11.7. The van der Waals surface area contributed by atoms with Gasteiger partial charge in [0, 0.05) is 16.6 Å². The average molecular weight is 366 g/mol. The lowest BCUT2D eigenvalue weighted by atomic mass is 10.2. The van der Waals surface area contributed by atoms with Crippen LogP contribution in [0.5, 0.6) is 0 Å². The van der Waals surface area contributed by atoms with E-state index in [2.05, 4.69) is 26.6 Å². The fraction of sp³-hybridized carbons (Fsp3) is 0.333. The summed E-state index contributed by atoms with van der Waals surface area (Å²) in [4.78, 5) is 22.4. The molecule has 0 radical (unpaired) electrons. The van der Waals surface area contributed by atoms with Crippen LogP contribution in [0.3, 0.4) is 0 Å². The molecule has 6 nitrogen and oxygen atoms in total. The maximum absolute atomic E-state index is 11.7. The SMILES string of the molecule is COC(CNC(=O)Nc1cc(Cl)c(C)cc1Br)C(=O)O. The lowest BCUT2D eigenvalue weighted by molar-refractivity contribution is -0.147. The van der Waals surface area contributed by atoms with Crippen molar-refractivity contribution < 1.29 is 19.4 Å². The number of carboxylic acids is 1. The molecule has 1 aromatic carbocycles. The monoisotopic (exact) mass is 364 g/mol. The lowest BCUT2D eigenvalue weighted by Gasteiger charge is -2.13. The van der Waals surface area contributed by atoms with Crippen molar-refractivity contribution in [3.05, 3.63) is 27.2 Å². The Kier molecular flexibility index (Phi) is 6.25. The van der Waals surface area contributed by atoms with Crippen LogP contribution in [-0.4, -0.2) is 36.9 Å². The Hall–Kier alpha value is -1.31. The van der Waals surface area contributed by atoms with Gasteiger partial charge in [-0.05, 0) is 40.5 Å². The third kappa shape index (κ3) is 4.66. The lowest BCUT2D eigenvalue weighted by Crippen LogP contribution is -2.39. The molecule has 0 saturated heterocycles. The number of aryl methyl sites for hydroxylation is 1. The number of amides is 2. The Morgan fingerprint density at radius 1 is 1.50 bits per heavy atom. The Morgan fingerprint density at radius 2 is 2.15 bits per heavy atom. The first-order chi connectivity index (χ1) is 9.35. The van der Waals surface area contributed by atoms with Gasteiger partial charge < -0.3 is 20.5 Å². The number of hydrogen-bond donors (Lipinski definition) is 3. The molecule has 0 bridgehead atoms.